The number of amides is 1. The molecule has 33 heavy (non-hydrogen) atoms. The minimum absolute atomic E-state index is 0.222. The van der Waals surface area contributed by atoms with E-state index in [4.69, 9.17) is 4.74 Å². The summed E-state index contributed by atoms with van der Waals surface area (Å²) in [6.45, 7) is 3.29. The molecule has 2 aromatic carbocycles. The lowest BCUT2D eigenvalue weighted by Gasteiger charge is -2.31. The van der Waals surface area contributed by atoms with Gasteiger partial charge in [-0.05, 0) is 56.2 Å². The molecule has 0 unspecified atom stereocenters. The molecule has 0 radical (unpaired) electrons. The smallest absolute Gasteiger partial charge is 0.323 e. The number of carboxylic acids is 1. The third kappa shape index (κ3) is 6.65. The van der Waals surface area contributed by atoms with Crippen LogP contribution in [0.5, 0.6) is 0 Å². The average Bonchev–Trinajstić information content (AvgIpc) is 3.24. The number of benzene rings is 2. The highest BCUT2D eigenvalue weighted by molar-refractivity contribution is 5.86. The van der Waals surface area contributed by atoms with Crippen molar-refractivity contribution in [2.45, 2.75) is 57.7 Å². The predicted octanol–water partition coefficient (Wildman–Crippen LogP) is 2.61. The van der Waals surface area contributed by atoms with Crippen LogP contribution in [0.4, 0.5) is 0 Å². The number of carboxylic acid groups (broad SMARTS) is 1. The highest BCUT2D eigenvalue weighted by atomic mass is 16.5. The molecule has 0 saturated carbocycles. The van der Waals surface area contributed by atoms with Gasteiger partial charge in [0.25, 0.3) is 0 Å². The SMILES string of the molecule is CCOC(=O)[C@H](CCc1ccccc1)N[C@@H](C)C(=O)N(CC(=O)O)C1Cc2ccccc2C1. The molecule has 0 heterocycles. The third-order valence-electron chi connectivity index (χ3n) is 6.02. The molecule has 176 valence electrons. The van der Waals surface area contributed by atoms with Crippen LogP contribution in [0.25, 0.3) is 0 Å². The Morgan fingerprint density at radius 3 is 2.24 bits per heavy atom. The molecule has 7 heteroatoms. The zero-order valence-electron chi connectivity index (χ0n) is 19.2. The summed E-state index contributed by atoms with van der Waals surface area (Å²) in [6, 6.07) is 16.1. The van der Waals surface area contributed by atoms with E-state index >= 15 is 0 Å². The molecule has 2 atom stereocenters. The van der Waals surface area contributed by atoms with Crippen molar-refractivity contribution in [1.82, 2.24) is 10.2 Å². The number of aryl methyl sites for hydroxylation is 1. The summed E-state index contributed by atoms with van der Waals surface area (Å²) in [5, 5.41) is 12.6. The first-order chi connectivity index (χ1) is 15.9. The maximum Gasteiger partial charge on any atom is 0.323 e. The summed E-state index contributed by atoms with van der Waals surface area (Å²) in [5.74, 6) is -1.80. The summed E-state index contributed by atoms with van der Waals surface area (Å²) in [4.78, 5) is 38.9. The molecule has 3 rings (SSSR count). The van der Waals surface area contributed by atoms with E-state index in [1.807, 2.05) is 54.6 Å². The molecule has 1 aliphatic rings. The van der Waals surface area contributed by atoms with Crippen LogP contribution in [-0.4, -0.2) is 59.1 Å². The Labute approximate surface area is 194 Å². The first kappa shape index (κ1) is 24.5. The summed E-state index contributed by atoms with van der Waals surface area (Å²) in [5.41, 5.74) is 3.36. The van der Waals surface area contributed by atoms with Crippen LogP contribution in [0.2, 0.25) is 0 Å². The number of hydrogen-bond acceptors (Lipinski definition) is 5. The molecule has 2 aromatic rings. The van der Waals surface area contributed by atoms with E-state index in [-0.39, 0.29) is 25.1 Å². The Hall–Kier alpha value is -3.19. The fourth-order valence-corrected chi connectivity index (χ4v) is 4.38. The monoisotopic (exact) mass is 452 g/mol. The van der Waals surface area contributed by atoms with Gasteiger partial charge >= 0.3 is 11.9 Å². The number of aliphatic carboxylic acids is 1. The van der Waals surface area contributed by atoms with Gasteiger partial charge in [0.05, 0.1) is 12.6 Å². The standard InChI is InChI=1S/C26H32N2O5/c1-3-33-26(32)23(14-13-19-9-5-4-6-10-19)27-18(2)25(31)28(17-24(29)30)22-15-20-11-7-8-12-21(20)16-22/h4-12,18,22-23,27H,3,13-17H2,1-2H3,(H,29,30)/t18-,23-/m0/s1. The van der Waals surface area contributed by atoms with Crippen LogP contribution in [-0.2, 0) is 38.4 Å². The molecule has 0 fully saturated rings. The quantitative estimate of drug-likeness (QED) is 0.509. The van der Waals surface area contributed by atoms with Crippen molar-refractivity contribution in [3.05, 3.63) is 71.3 Å². The summed E-state index contributed by atoms with van der Waals surface area (Å²) in [7, 11) is 0. The third-order valence-corrected chi connectivity index (χ3v) is 6.02. The highest BCUT2D eigenvalue weighted by Gasteiger charge is 2.34. The molecule has 2 N–H and O–H groups in total. The van der Waals surface area contributed by atoms with E-state index in [9.17, 15) is 19.5 Å². The molecule has 0 bridgehead atoms. The Bertz CT molecular complexity index is 937. The van der Waals surface area contributed by atoms with E-state index in [0.717, 1.165) is 16.7 Å². The van der Waals surface area contributed by atoms with Gasteiger partial charge in [0, 0.05) is 6.04 Å². The number of fused-ring (bicyclic) bond motifs is 1. The van der Waals surface area contributed by atoms with Crippen molar-refractivity contribution in [2.24, 2.45) is 0 Å². The van der Waals surface area contributed by atoms with Crippen molar-refractivity contribution in [3.8, 4) is 0 Å². The van der Waals surface area contributed by atoms with Crippen LogP contribution in [0.3, 0.4) is 0 Å². The summed E-state index contributed by atoms with van der Waals surface area (Å²) < 4.78 is 5.22. The minimum Gasteiger partial charge on any atom is -0.480 e. The molecule has 1 aliphatic carbocycles. The Morgan fingerprint density at radius 1 is 1.06 bits per heavy atom. The van der Waals surface area contributed by atoms with Gasteiger partial charge in [0.15, 0.2) is 0 Å². The Kier molecular flexibility index (Phi) is 8.60. The molecule has 0 aliphatic heterocycles. The number of hydrogen-bond donors (Lipinski definition) is 2. The van der Waals surface area contributed by atoms with E-state index in [0.29, 0.717) is 25.7 Å². The van der Waals surface area contributed by atoms with Crippen molar-refractivity contribution in [2.75, 3.05) is 13.2 Å². The van der Waals surface area contributed by atoms with Crippen molar-refractivity contribution in [3.63, 3.8) is 0 Å². The highest BCUT2D eigenvalue weighted by Crippen LogP contribution is 2.26. The zero-order valence-corrected chi connectivity index (χ0v) is 19.2. The van der Waals surface area contributed by atoms with E-state index < -0.39 is 24.0 Å². The van der Waals surface area contributed by atoms with Gasteiger partial charge in [-0.1, -0.05) is 54.6 Å². The lowest BCUT2D eigenvalue weighted by Crippen LogP contribution is -2.54. The van der Waals surface area contributed by atoms with Gasteiger partial charge in [-0.15, -0.1) is 0 Å². The maximum atomic E-state index is 13.4. The van der Waals surface area contributed by atoms with Gasteiger partial charge in [0.2, 0.25) is 5.91 Å². The lowest BCUT2D eigenvalue weighted by molar-refractivity contribution is -0.149. The number of carbonyl (C=O) groups excluding carboxylic acids is 2. The Balaban J connectivity index is 1.70. The second-order valence-electron chi connectivity index (χ2n) is 8.41. The van der Waals surface area contributed by atoms with Crippen LogP contribution in [0.1, 0.15) is 37.0 Å². The number of nitrogens with one attached hydrogen (secondary N) is 1. The molecule has 1 amide bonds. The van der Waals surface area contributed by atoms with Crippen LogP contribution in [0, 0.1) is 0 Å². The maximum absolute atomic E-state index is 13.4. The lowest BCUT2D eigenvalue weighted by atomic mass is 10.0. The molecule has 7 nitrogen and oxygen atoms in total. The number of carbonyl (C=O) groups is 3. The summed E-state index contributed by atoms with van der Waals surface area (Å²) in [6.07, 6.45) is 2.36. The van der Waals surface area contributed by atoms with Gasteiger partial charge in [-0.25, -0.2) is 0 Å². The topological polar surface area (TPSA) is 95.9 Å². The molecule has 0 saturated heterocycles. The zero-order chi connectivity index (χ0) is 23.8. The van der Waals surface area contributed by atoms with Crippen molar-refractivity contribution < 1.29 is 24.2 Å². The Morgan fingerprint density at radius 2 is 1.67 bits per heavy atom. The van der Waals surface area contributed by atoms with E-state index in [1.54, 1.807) is 13.8 Å². The van der Waals surface area contributed by atoms with Crippen LogP contribution >= 0.6 is 0 Å². The fourth-order valence-electron chi connectivity index (χ4n) is 4.38. The van der Waals surface area contributed by atoms with Crippen molar-refractivity contribution in [1.29, 1.82) is 0 Å². The van der Waals surface area contributed by atoms with E-state index in [2.05, 4.69) is 5.32 Å². The van der Waals surface area contributed by atoms with Gasteiger partial charge in [-0.2, -0.15) is 0 Å². The first-order valence-corrected chi connectivity index (χ1v) is 11.4. The average molecular weight is 453 g/mol. The minimum atomic E-state index is -1.06. The number of esters is 1. The molecule has 0 aromatic heterocycles. The number of ether oxygens (including phenoxy) is 1. The molecule has 0 spiro atoms. The fraction of sp³-hybridized carbons (Fsp3) is 0.423. The first-order valence-electron chi connectivity index (χ1n) is 11.4. The molecular weight excluding hydrogens is 420 g/mol. The van der Waals surface area contributed by atoms with Crippen LogP contribution in [0.15, 0.2) is 54.6 Å². The van der Waals surface area contributed by atoms with Gasteiger partial charge < -0.3 is 14.7 Å². The number of nitrogens with zero attached hydrogens (tertiary/aromatic N) is 1. The second kappa shape index (κ2) is 11.6. The largest absolute Gasteiger partial charge is 0.480 e. The normalized spacial score (nSPS) is 14.8. The predicted molar refractivity (Wildman–Crippen MR) is 125 cm³/mol. The van der Waals surface area contributed by atoms with Crippen molar-refractivity contribution >= 4 is 17.8 Å². The van der Waals surface area contributed by atoms with Gasteiger partial charge in [0.1, 0.15) is 12.6 Å². The molecular formula is C26H32N2O5. The summed E-state index contributed by atoms with van der Waals surface area (Å²) >= 11 is 0. The second-order valence-corrected chi connectivity index (χ2v) is 8.41. The number of rotatable bonds is 11. The van der Waals surface area contributed by atoms with Crippen LogP contribution < -0.4 is 5.32 Å². The van der Waals surface area contributed by atoms with Gasteiger partial charge in [-0.3, -0.25) is 19.7 Å². The van der Waals surface area contributed by atoms with E-state index in [1.165, 1.54) is 4.90 Å².